The first-order valence-corrected chi connectivity index (χ1v) is 16.9. The van der Waals surface area contributed by atoms with Crippen LogP contribution in [0.25, 0.3) is 0 Å². The fourth-order valence-electron chi connectivity index (χ4n) is 5.10. The van der Waals surface area contributed by atoms with Gasteiger partial charge in [-0.1, -0.05) is 0 Å². The van der Waals surface area contributed by atoms with Crippen molar-refractivity contribution in [1.82, 2.24) is 14.5 Å². The molecule has 220 valence electrons. The average Bonchev–Trinajstić information content (AvgIpc) is 3.55. The van der Waals surface area contributed by atoms with Crippen molar-refractivity contribution in [2.75, 3.05) is 47.0 Å². The number of ether oxygens (including phenoxy) is 4. The number of aliphatic hydroxyl groups is 1. The molecule has 40 heavy (non-hydrogen) atoms. The Balaban J connectivity index is 1.33. The van der Waals surface area contributed by atoms with Crippen LogP contribution in [0.4, 0.5) is 4.79 Å². The number of rotatable bonds is 11. The van der Waals surface area contributed by atoms with Crippen molar-refractivity contribution in [3.63, 3.8) is 0 Å². The van der Waals surface area contributed by atoms with Gasteiger partial charge in [0.25, 0.3) is 0 Å². The van der Waals surface area contributed by atoms with Gasteiger partial charge in [0, 0.05) is 0 Å². The summed E-state index contributed by atoms with van der Waals surface area (Å²) in [6.07, 6.45) is -1.86. The second-order valence-electron chi connectivity index (χ2n) is 10.1. The number of hydrogen-bond acceptors (Lipinski definition) is 9. The number of amides is 1. The van der Waals surface area contributed by atoms with Crippen LogP contribution in [0.2, 0.25) is 0 Å². The topological polar surface area (TPSA) is 127 Å². The Labute approximate surface area is 245 Å². The van der Waals surface area contributed by atoms with Crippen molar-refractivity contribution in [3.05, 3.63) is 58.2 Å². The van der Waals surface area contributed by atoms with Gasteiger partial charge in [-0.3, -0.25) is 0 Å². The summed E-state index contributed by atoms with van der Waals surface area (Å²) in [5, 5.41) is 14.4. The number of carbonyl (C=O) groups excluding carboxylic acids is 1. The molecule has 0 unspecified atom stereocenters. The molecule has 1 amide bonds. The monoisotopic (exact) mass is 688 g/mol. The third-order valence-corrected chi connectivity index (χ3v) is 12.5. The molecule has 3 aliphatic heterocycles. The van der Waals surface area contributed by atoms with E-state index < -0.39 is 53.6 Å². The van der Waals surface area contributed by atoms with Crippen LogP contribution in [0.3, 0.4) is 0 Å². The normalized spacial score (nSPS) is 24.9. The molecule has 2 aromatic rings. The molecule has 3 aliphatic rings. The van der Waals surface area contributed by atoms with Gasteiger partial charge in [-0.05, 0) is 0 Å². The summed E-state index contributed by atoms with van der Waals surface area (Å²) in [5.74, 6) is 0.533. The summed E-state index contributed by atoms with van der Waals surface area (Å²) in [6.45, 7) is 1.74. The average molecular weight is 689 g/mol. The number of halogens is 1. The van der Waals surface area contributed by atoms with E-state index in [1.807, 2.05) is 42.3 Å². The first-order chi connectivity index (χ1) is 19.2. The van der Waals surface area contributed by atoms with Crippen LogP contribution in [-0.4, -0.2) is 104 Å². The fourth-order valence-corrected chi connectivity index (χ4v) is 9.39. The van der Waals surface area contributed by atoms with Crippen LogP contribution in [0.15, 0.2) is 59.5 Å². The molecule has 2 N–H and O–H groups in total. The predicted octanol–water partition coefficient (Wildman–Crippen LogP) is -1.87. The minimum absolute atomic E-state index is 0.0151. The first kappa shape index (κ1) is 29.5. The summed E-state index contributed by atoms with van der Waals surface area (Å²) in [5.41, 5.74) is 0. The zero-order valence-electron chi connectivity index (χ0n) is 22.4. The molecule has 13 heteroatoms. The van der Waals surface area contributed by atoms with Crippen molar-refractivity contribution >= 4 is 16.1 Å². The number of carbonyl (C=O) groups is 1. The van der Waals surface area contributed by atoms with E-state index in [1.165, 1.54) is 23.5 Å². The quantitative estimate of drug-likeness (QED) is 0.159. The number of methoxy groups -OCH3 is 1. The number of nitrogens with zero attached hydrogens (tertiary/aromatic N) is 2. The van der Waals surface area contributed by atoms with E-state index in [0.717, 1.165) is 9.99 Å². The predicted molar refractivity (Wildman–Crippen MR) is 140 cm³/mol. The Morgan fingerprint density at radius 3 is 2.58 bits per heavy atom. The zero-order valence-corrected chi connectivity index (χ0v) is 25.4. The van der Waals surface area contributed by atoms with Crippen molar-refractivity contribution in [2.24, 2.45) is 5.92 Å². The van der Waals surface area contributed by atoms with Gasteiger partial charge in [-0.15, -0.1) is 0 Å². The van der Waals surface area contributed by atoms with Gasteiger partial charge in [0.1, 0.15) is 0 Å². The second kappa shape index (κ2) is 12.9. The molecule has 3 saturated heterocycles. The summed E-state index contributed by atoms with van der Waals surface area (Å²) in [4.78, 5) is 15.2. The van der Waals surface area contributed by atoms with E-state index in [0.29, 0.717) is 25.4 Å². The SMILES string of the molecule is COc1ccc(S(=O)(=O)N(C[C@@H](O)[C@@H](NC(=O)O[C@H]2CO[C@H]3OCC[C@H]32)[I-]c2ccccc2)C2CN(C)C2)cc1. The number of sulfonamides is 1. The van der Waals surface area contributed by atoms with Crippen LogP contribution in [-0.2, 0) is 24.2 Å². The summed E-state index contributed by atoms with van der Waals surface area (Å²) in [7, 11) is -0.506. The van der Waals surface area contributed by atoms with E-state index in [9.17, 15) is 18.3 Å². The Kier molecular flexibility index (Phi) is 9.49. The molecule has 0 radical (unpaired) electrons. The summed E-state index contributed by atoms with van der Waals surface area (Å²) >= 11 is -0.956. The number of benzene rings is 2. The zero-order chi connectivity index (χ0) is 28.3. The third-order valence-electron chi connectivity index (χ3n) is 7.30. The molecular formula is C27H35IN3O8S-. The minimum atomic E-state index is -3.94. The molecule has 0 aliphatic carbocycles. The first-order valence-electron chi connectivity index (χ1n) is 13.2. The van der Waals surface area contributed by atoms with Crippen LogP contribution in [0.1, 0.15) is 6.42 Å². The summed E-state index contributed by atoms with van der Waals surface area (Å²) in [6, 6.07) is 15.5. The van der Waals surface area contributed by atoms with Gasteiger partial charge >= 0.3 is 246 Å². The maximum atomic E-state index is 13.8. The van der Waals surface area contributed by atoms with E-state index in [4.69, 9.17) is 18.9 Å². The Morgan fingerprint density at radius 2 is 1.90 bits per heavy atom. The van der Waals surface area contributed by atoms with Gasteiger partial charge in [0.2, 0.25) is 0 Å². The van der Waals surface area contributed by atoms with Crippen LogP contribution < -0.4 is 31.3 Å². The maximum absolute atomic E-state index is 13.8. The molecule has 5 atom stereocenters. The fraction of sp³-hybridized carbons (Fsp3) is 0.519. The Hall–Kier alpha value is -2.01. The molecule has 2 aromatic carbocycles. The molecule has 3 heterocycles. The number of alkyl carbamates (subject to hydrolysis) is 1. The van der Waals surface area contributed by atoms with E-state index in [2.05, 4.69) is 5.32 Å². The Morgan fingerprint density at radius 1 is 1.18 bits per heavy atom. The Bertz CT molecular complexity index is 1250. The van der Waals surface area contributed by atoms with Gasteiger partial charge in [-0.2, -0.15) is 0 Å². The van der Waals surface area contributed by atoms with Gasteiger partial charge < -0.3 is 0 Å². The second-order valence-corrected chi connectivity index (χ2v) is 15.2. The molecule has 0 bridgehead atoms. The molecule has 0 aromatic heterocycles. The number of nitrogens with one attached hydrogen (secondary N) is 1. The van der Waals surface area contributed by atoms with E-state index in [-0.39, 0.29) is 36.3 Å². The molecule has 3 fully saturated rings. The van der Waals surface area contributed by atoms with Gasteiger partial charge in [0.15, 0.2) is 0 Å². The van der Waals surface area contributed by atoms with Crippen molar-refractivity contribution in [3.8, 4) is 5.75 Å². The van der Waals surface area contributed by atoms with E-state index in [1.54, 1.807) is 12.1 Å². The standard InChI is InChI=1S/C27H35IN3O8S/c1-30-14-19(15-30)31(40(34,35)21-10-8-20(36-2)9-11-21)16-23(32)25(28-18-6-4-3-5-7-18)29-27(33)39-24-17-38-26-22(24)12-13-37-26/h3-11,19,22-26,32H,12-17H2,1-2H3,(H,29,33)/q-1/t22-,23+,24-,25+,26+/m0/s1. The van der Waals surface area contributed by atoms with Gasteiger partial charge in [-0.25, -0.2) is 0 Å². The van der Waals surface area contributed by atoms with Crippen LogP contribution in [0, 0.1) is 9.49 Å². The number of aliphatic hydroxyl groups excluding tert-OH is 1. The van der Waals surface area contributed by atoms with Crippen LogP contribution >= 0.6 is 0 Å². The van der Waals surface area contributed by atoms with Crippen molar-refractivity contribution in [2.45, 2.75) is 39.9 Å². The van der Waals surface area contributed by atoms with Gasteiger partial charge in [0.05, 0.1) is 0 Å². The molecule has 11 nitrogen and oxygen atoms in total. The van der Waals surface area contributed by atoms with Crippen molar-refractivity contribution in [1.29, 1.82) is 0 Å². The van der Waals surface area contributed by atoms with Crippen LogP contribution in [0.5, 0.6) is 5.75 Å². The number of likely N-dealkylation sites (N-methyl/N-ethyl adjacent to an activating group) is 1. The molecule has 0 spiro atoms. The van der Waals surface area contributed by atoms with Crippen molar-refractivity contribution < 1.29 is 58.5 Å². The molecule has 0 saturated carbocycles. The molecular weight excluding hydrogens is 653 g/mol. The molecule has 5 rings (SSSR count). The number of hydrogen-bond donors (Lipinski definition) is 2. The number of likely N-dealkylation sites (tertiary alicyclic amines) is 1. The van der Waals surface area contributed by atoms with E-state index >= 15 is 0 Å². The number of fused-ring (bicyclic) bond motifs is 1. The third kappa shape index (κ3) is 6.72. The number of alkyl halides is 1. The summed E-state index contributed by atoms with van der Waals surface area (Å²) < 4.78 is 51.2.